The maximum Gasteiger partial charge on any atom is 0.138 e. The van der Waals surface area contributed by atoms with Crippen molar-refractivity contribution >= 4 is 0 Å². The molecule has 21 heavy (non-hydrogen) atoms. The van der Waals surface area contributed by atoms with E-state index in [2.05, 4.69) is 37.1 Å². The predicted octanol–water partition coefficient (Wildman–Crippen LogP) is 4.49. The van der Waals surface area contributed by atoms with Gasteiger partial charge in [-0.1, -0.05) is 39.0 Å². The van der Waals surface area contributed by atoms with Crippen LogP contribution in [0.25, 0.3) is 0 Å². The molecule has 1 N–H and O–H groups in total. The van der Waals surface area contributed by atoms with Crippen molar-refractivity contribution in [2.75, 3.05) is 6.54 Å². The summed E-state index contributed by atoms with van der Waals surface area (Å²) in [6, 6.07) is 2.56. The zero-order valence-corrected chi connectivity index (χ0v) is 13.8. The third kappa shape index (κ3) is 5.31. The summed E-state index contributed by atoms with van der Waals surface area (Å²) in [5, 5.41) is 3.63. The lowest BCUT2D eigenvalue weighted by Crippen LogP contribution is -2.24. The molecule has 0 aromatic carbocycles. The van der Waals surface area contributed by atoms with Crippen molar-refractivity contribution in [1.29, 1.82) is 0 Å². The maximum absolute atomic E-state index is 5.78. The zero-order chi connectivity index (χ0) is 15.1. The van der Waals surface area contributed by atoms with Gasteiger partial charge in [0.15, 0.2) is 0 Å². The molecule has 0 amide bonds. The van der Waals surface area contributed by atoms with Crippen LogP contribution in [0.1, 0.15) is 70.9 Å². The average Bonchev–Trinajstić information content (AvgIpc) is 2.47. The molecule has 3 heteroatoms. The number of hydrogen-bond acceptors (Lipinski definition) is 3. The summed E-state index contributed by atoms with van der Waals surface area (Å²) < 4.78 is 5.78. The quantitative estimate of drug-likeness (QED) is 0.803. The van der Waals surface area contributed by atoms with Crippen LogP contribution in [-0.2, 0) is 0 Å². The summed E-state index contributed by atoms with van der Waals surface area (Å²) in [6.45, 7) is 7.27. The molecule has 1 aromatic rings. The summed E-state index contributed by atoms with van der Waals surface area (Å²) in [7, 11) is 0. The van der Waals surface area contributed by atoms with Gasteiger partial charge in [0, 0.05) is 12.2 Å². The van der Waals surface area contributed by atoms with Crippen molar-refractivity contribution in [2.24, 2.45) is 5.92 Å². The first kappa shape index (κ1) is 16.3. The number of nitrogens with one attached hydrogen (secondary N) is 1. The molecule has 118 valence electrons. The highest BCUT2D eigenvalue weighted by Gasteiger charge is 2.20. The summed E-state index contributed by atoms with van der Waals surface area (Å²) in [5.74, 6) is 1.74. The van der Waals surface area contributed by atoms with Gasteiger partial charge in [-0.25, -0.2) is 0 Å². The lowest BCUT2D eigenvalue weighted by molar-refractivity contribution is 0.240. The van der Waals surface area contributed by atoms with E-state index in [1.165, 1.54) is 44.1 Å². The summed E-state index contributed by atoms with van der Waals surface area (Å²) in [6.07, 6.45) is 12.2. The first-order valence-electron chi connectivity index (χ1n) is 8.54. The second-order valence-corrected chi connectivity index (χ2v) is 6.47. The molecular formula is C18H30N2O. The highest BCUT2D eigenvalue weighted by molar-refractivity contribution is 5.26. The molecule has 1 fully saturated rings. The van der Waals surface area contributed by atoms with Crippen molar-refractivity contribution in [2.45, 2.75) is 71.4 Å². The molecular weight excluding hydrogens is 260 g/mol. The summed E-state index contributed by atoms with van der Waals surface area (Å²) >= 11 is 0. The van der Waals surface area contributed by atoms with Gasteiger partial charge in [0.2, 0.25) is 0 Å². The molecule has 1 aliphatic rings. The van der Waals surface area contributed by atoms with E-state index in [1.54, 1.807) is 0 Å². The molecule has 0 spiro atoms. The van der Waals surface area contributed by atoms with Crippen LogP contribution < -0.4 is 10.1 Å². The Morgan fingerprint density at radius 1 is 1.24 bits per heavy atom. The van der Waals surface area contributed by atoms with E-state index in [4.69, 9.17) is 4.74 Å². The Kier molecular flexibility index (Phi) is 6.50. The smallest absolute Gasteiger partial charge is 0.138 e. The molecule has 0 aliphatic heterocycles. The molecule has 0 bridgehead atoms. The van der Waals surface area contributed by atoms with Crippen LogP contribution in [0.15, 0.2) is 18.5 Å². The zero-order valence-electron chi connectivity index (χ0n) is 13.8. The topological polar surface area (TPSA) is 34.2 Å². The fourth-order valence-electron chi connectivity index (χ4n) is 3.30. The average molecular weight is 290 g/mol. The number of ether oxygens (including phenoxy) is 1. The minimum atomic E-state index is 0.193. The Labute approximate surface area is 129 Å². The second-order valence-electron chi connectivity index (χ2n) is 6.47. The number of rotatable bonds is 7. The predicted molar refractivity (Wildman–Crippen MR) is 87.6 cm³/mol. The van der Waals surface area contributed by atoms with Gasteiger partial charge < -0.3 is 10.1 Å². The summed E-state index contributed by atoms with van der Waals surface area (Å²) in [4.78, 5) is 4.37. The maximum atomic E-state index is 5.78. The van der Waals surface area contributed by atoms with Crippen molar-refractivity contribution in [3.8, 4) is 5.75 Å². The molecule has 1 saturated carbocycles. The fourth-order valence-corrected chi connectivity index (χ4v) is 3.30. The van der Waals surface area contributed by atoms with Crippen molar-refractivity contribution < 1.29 is 4.74 Å². The van der Waals surface area contributed by atoms with E-state index in [0.29, 0.717) is 6.04 Å². The van der Waals surface area contributed by atoms with Gasteiger partial charge in [-0.2, -0.15) is 0 Å². The minimum Gasteiger partial charge on any atom is -0.489 e. The minimum absolute atomic E-state index is 0.193. The van der Waals surface area contributed by atoms with Crippen LogP contribution in [0.3, 0.4) is 0 Å². The van der Waals surface area contributed by atoms with E-state index >= 15 is 0 Å². The molecule has 1 aromatic heterocycles. The molecule has 1 atom stereocenters. The van der Waals surface area contributed by atoms with Gasteiger partial charge in [0.25, 0.3) is 0 Å². The van der Waals surface area contributed by atoms with Crippen LogP contribution in [0, 0.1) is 5.92 Å². The van der Waals surface area contributed by atoms with Gasteiger partial charge in [0.05, 0.1) is 12.3 Å². The number of hydrogen-bond donors (Lipinski definition) is 1. The largest absolute Gasteiger partial charge is 0.489 e. The van der Waals surface area contributed by atoms with Gasteiger partial charge >= 0.3 is 0 Å². The molecule has 0 radical (unpaired) electrons. The number of pyridine rings is 1. The molecule has 1 unspecified atom stereocenters. The van der Waals surface area contributed by atoms with Crippen LogP contribution in [0.4, 0.5) is 0 Å². The van der Waals surface area contributed by atoms with E-state index in [9.17, 15) is 0 Å². The molecule has 1 heterocycles. The number of aromatic nitrogens is 1. The van der Waals surface area contributed by atoms with Crippen molar-refractivity contribution in [3.05, 3.63) is 24.0 Å². The van der Waals surface area contributed by atoms with Crippen LogP contribution in [-0.4, -0.2) is 17.6 Å². The van der Waals surface area contributed by atoms with Crippen LogP contribution >= 0.6 is 0 Å². The normalized spacial score (nSPS) is 17.9. The standard InChI is InChI=1S/C18H30N2O/c1-4-20-18(10-15-8-6-5-7-9-15)16-11-17(13-19-12-16)21-14(2)3/h11-15,18,20H,4-10H2,1-3H3. The van der Waals surface area contributed by atoms with Gasteiger partial charge in [-0.3, -0.25) is 4.98 Å². The monoisotopic (exact) mass is 290 g/mol. The van der Waals surface area contributed by atoms with Crippen LogP contribution in [0.5, 0.6) is 5.75 Å². The second kappa shape index (κ2) is 8.38. The highest BCUT2D eigenvalue weighted by Crippen LogP contribution is 2.32. The first-order chi connectivity index (χ1) is 10.2. The van der Waals surface area contributed by atoms with E-state index < -0.39 is 0 Å². The van der Waals surface area contributed by atoms with Gasteiger partial charge in [-0.15, -0.1) is 0 Å². The molecule has 1 aliphatic carbocycles. The van der Waals surface area contributed by atoms with Gasteiger partial charge in [0.1, 0.15) is 5.75 Å². The Hall–Kier alpha value is -1.09. The van der Waals surface area contributed by atoms with Crippen LogP contribution in [0.2, 0.25) is 0 Å². The Balaban J connectivity index is 2.05. The summed E-state index contributed by atoms with van der Waals surface area (Å²) in [5.41, 5.74) is 1.26. The van der Waals surface area contributed by atoms with E-state index in [-0.39, 0.29) is 6.10 Å². The SMILES string of the molecule is CCNC(CC1CCCCC1)c1cncc(OC(C)C)c1. The van der Waals surface area contributed by atoms with Crippen molar-refractivity contribution in [1.82, 2.24) is 10.3 Å². The first-order valence-corrected chi connectivity index (χ1v) is 8.54. The van der Waals surface area contributed by atoms with E-state index in [1.807, 2.05) is 12.4 Å². The number of nitrogens with zero attached hydrogens (tertiary/aromatic N) is 1. The third-order valence-corrected chi connectivity index (χ3v) is 4.25. The van der Waals surface area contributed by atoms with Crippen molar-refractivity contribution in [3.63, 3.8) is 0 Å². The molecule has 3 nitrogen and oxygen atoms in total. The lowest BCUT2D eigenvalue weighted by atomic mass is 9.83. The van der Waals surface area contributed by atoms with E-state index in [0.717, 1.165) is 18.2 Å². The van der Waals surface area contributed by atoms with Gasteiger partial charge in [-0.05, 0) is 44.4 Å². The fraction of sp³-hybridized carbons (Fsp3) is 0.722. The lowest BCUT2D eigenvalue weighted by Gasteiger charge is -2.27. The molecule has 0 saturated heterocycles. The Bertz CT molecular complexity index is 413. The highest BCUT2D eigenvalue weighted by atomic mass is 16.5. The Morgan fingerprint density at radius 2 is 2.00 bits per heavy atom. The molecule has 2 rings (SSSR count). The third-order valence-electron chi connectivity index (χ3n) is 4.25. The Morgan fingerprint density at radius 3 is 2.67 bits per heavy atom.